The Morgan fingerprint density at radius 1 is 1.45 bits per heavy atom. The zero-order valence-electron chi connectivity index (χ0n) is 11.2. The molecule has 5 nitrogen and oxygen atoms in total. The molecule has 0 radical (unpaired) electrons. The van der Waals surface area contributed by atoms with Gasteiger partial charge in [0.1, 0.15) is 9.84 Å². The van der Waals surface area contributed by atoms with E-state index >= 15 is 0 Å². The lowest BCUT2D eigenvalue weighted by Gasteiger charge is -2.21. The molecule has 0 amide bonds. The van der Waals surface area contributed by atoms with E-state index in [4.69, 9.17) is 0 Å². The summed E-state index contributed by atoms with van der Waals surface area (Å²) in [5, 5.41) is 2.96. The third-order valence-corrected chi connectivity index (χ3v) is 4.25. The number of rotatable bonds is 3. The fourth-order valence-corrected chi connectivity index (χ4v) is 3.55. The van der Waals surface area contributed by atoms with E-state index in [1.54, 1.807) is 0 Å². The number of fused-ring (bicyclic) bond motifs is 1. The van der Waals surface area contributed by atoms with Crippen molar-refractivity contribution >= 4 is 9.84 Å². The Kier molecular flexibility index (Phi) is 3.85. The summed E-state index contributed by atoms with van der Waals surface area (Å²) in [6, 6.07) is -0.795. The van der Waals surface area contributed by atoms with E-state index in [0.717, 1.165) is 10.8 Å². The molecule has 1 unspecified atom stereocenters. The van der Waals surface area contributed by atoms with Gasteiger partial charge in [-0.05, 0) is 6.92 Å². The fourth-order valence-electron chi connectivity index (χ4n) is 2.52. The molecule has 1 aromatic rings. The quantitative estimate of drug-likeness (QED) is 0.909. The maximum atomic E-state index is 13.1. The zero-order chi connectivity index (χ0) is 15.1. The molecule has 0 saturated carbocycles. The van der Waals surface area contributed by atoms with E-state index < -0.39 is 27.9 Å². The molecule has 0 saturated heterocycles. The molecular formula is C11H16F3N3O2S. The van der Waals surface area contributed by atoms with Gasteiger partial charge in [-0.1, -0.05) is 0 Å². The molecule has 1 aromatic heterocycles. The first-order valence-electron chi connectivity index (χ1n) is 6.15. The summed E-state index contributed by atoms with van der Waals surface area (Å²) in [6.07, 6.45) is -3.17. The molecule has 9 heteroatoms. The number of sulfone groups is 1. The van der Waals surface area contributed by atoms with Gasteiger partial charge < -0.3 is 9.88 Å². The Bertz CT molecular complexity index is 607. The maximum absolute atomic E-state index is 13.1. The molecule has 1 N–H and O–H groups in total. The molecule has 0 aliphatic carbocycles. The van der Waals surface area contributed by atoms with E-state index in [1.807, 2.05) is 0 Å². The second-order valence-electron chi connectivity index (χ2n) is 5.06. The highest BCUT2D eigenvalue weighted by Gasteiger charge is 2.40. The molecular weight excluding hydrogens is 295 g/mol. The molecule has 0 bridgehead atoms. The number of hydrogen-bond acceptors (Lipinski definition) is 4. The number of aromatic nitrogens is 2. The summed E-state index contributed by atoms with van der Waals surface area (Å²) in [7, 11) is -3.37. The van der Waals surface area contributed by atoms with Gasteiger partial charge in [0.25, 0.3) is 0 Å². The largest absolute Gasteiger partial charge is 0.449 e. The van der Waals surface area contributed by atoms with Crippen LogP contribution in [0.25, 0.3) is 0 Å². The van der Waals surface area contributed by atoms with E-state index in [-0.39, 0.29) is 12.3 Å². The van der Waals surface area contributed by atoms with Crippen molar-refractivity contribution in [3.63, 3.8) is 0 Å². The van der Waals surface area contributed by atoms with Gasteiger partial charge in [-0.15, -0.1) is 0 Å². The predicted octanol–water partition coefficient (Wildman–Crippen LogP) is 1.15. The van der Waals surface area contributed by atoms with Gasteiger partial charge in [0.15, 0.2) is 0 Å². The zero-order valence-corrected chi connectivity index (χ0v) is 12.0. The first-order valence-corrected chi connectivity index (χ1v) is 8.21. The molecule has 0 fully saturated rings. The lowest BCUT2D eigenvalue weighted by Crippen LogP contribution is -2.28. The highest BCUT2D eigenvalue weighted by atomic mass is 32.2. The van der Waals surface area contributed by atoms with Crippen LogP contribution >= 0.6 is 0 Å². The van der Waals surface area contributed by atoms with Crippen molar-refractivity contribution in [1.82, 2.24) is 14.9 Å². The second-order valence-corrected chi connectivity index (χ2v) is 7.25. The van der Waals surface area contributed by atoms with E-state index in [1.165, 1.54) is 6.92 Å². The number of halogens is 3. The molecule has 0 aromatic carbocycles. The van der Waals surface area contributed by atoms with Crippen LogP contribution in [0.2, 0.25) is 0 Å². The molecule has 0 spiro atoms. The van der Waals surface area contributed by atoms with Crippen LogP contribution < -0.4 is 5.32 Å². The van der Waals surface area contributed by atoms with E-state index in [9.17, 15) is 21.6 Å². The monoisotopic (exact) mass is 311 g/mol. The van der Waals surface area contributed by atoms with Crippen LogP contribution in [-0.4, -0.2) is 36.5 Å². The Hall–Kier alpha value is -1.09. The van der Waals surface area contributed by atoms with Gasteiger partial charge in [-0.25, -0.2) is 13.4 Å². The Morgan fingerprint density at radius 3 is 2.65 bits per heavy atom. The number of nitrogens with zero attached hydrogens (tertiary/aromatic N) is 2. The van der Waals surface area contributed by atoms with Crippen LogP contribution in [0.15, 0.2) is 0 Å². The molecule has 1 atom stereocenters. The van der Waals surface area contributed by atoms with Crippen LogP contribution in [0.4, 0.5) is 13.2 Å². The minimum atomic E-state index is -4.59. The topological polar surface area (TPSA) is 64.0 Å². The number of alkyl halides is 3. The molecule has 1 aliphatic heterocycles. The fraction of sp³-hybridized carbons (Fsp3) is 0.727. The highest BCUT2D eigenvalue weighted by molar-refractivity contribution is 7.90. The van der Waals surface area contributed by atoms with Crippen molar-refractivity contribution in [1.29, 1.82) is 0 Å². The smallest absolute Gasteiger partial charge is 0.320 e. The molecule has 2 rings (SSSR count). The average molecular weight is 311 g/mol. The minimum absolute atomic E-state index is 0.275. The third-order valence-electron chi connectivity index (χ3n) is 3.16. The van der Waals surface area contributed by atoms with Crippen molar-refractivity contribution < 1.29 is 21.6 Å². The number of hydrogen-bond donors (Lipinski definition) is 1. The standard InChI is InChI=1S/C11H16F3N3O2S/c1-7(6-20(2,18)19)17-9-3-4-15-5-8(9)16-10(17)11(12,13)14/h7,15H,3-6H2,1-2H3. The molecule has 1 aliphatic rings. The third kappa shape index (κ3) is 3.14. The first-order chi connectivity index (χ1) is 9.09. The van der Waals surface area contributed by atoms with Gasteiger partial charge in [0.2, 0.25) is 5.82 Å². The summed E-state index contributed by atoms with van der Waals surface area (Å²) in [6.45, 7) is 2.30. The first kappa shape index (κ1) is 15.3. The minimum Gasteiger partial charge on any atom is -0.320 e. The molecule has 114 valence electrons. The van der Waals surface area contributed by atoms with E-state index in [2.05, 4.69) is 10.3 Å². The van der Waals surface area contributed by atoms with Gasteiger partial charge in [0, 0.05) is 37.5 Å². The summed E-state index contributed by atoms with van der Waals surface area (Å²) in [4.78, 5) is 3.65. The highest BCUT2D eigenvalue weighted by Crippen LogP contribution is 2.33. The van der Waals surface area contributed by atoms with Gasteiger partial charge in [-0.2, -0.15) is 13.2 Å². The van der Waals surface area contributed by atoms with Crippen LogP contribution in [0.5, 0.6) is 0 Å². The van der Waals surface area contributed by atoms with E-state index in [0.29, 0.717) is 24.4 Å². The maximum Gasteiger partial charge on any atom is 0.449 e. The van der Waals surface area contributed by atoms with Crippen molar-refractivity contribution in [2.24, 2.45) is 0 Å². The van der Waals surface area contributed by atoms with Crippen molar-refractivity contribution in [3.8, 4) is 0 Å². The van der Waals surface area contributed by atoms with Crippen molar-refractivity contribution in [3.05, 3.63) is 17.2 Å². The van der Waals surface area contributed by atoms with Crippen LogP contribution in [0, 0.1) is 0 Å². The normalized spacial score (nSPS) is 17.9. The van der Waals surface area contributed by atoms with Crippen LogP contribution in [0.1, 0.15) is 30.2 Å². The van der Waals surface area contributed by atoms with Crippen molar-refractivity contribution in [2.45, 2.75) is 32.1 Å². The van der Waals surface area contributed by atoms with Gasteiger partial charge in [0.05, 0.1) is 11.4 Å². The van der Waals surface area contributed by atoms with Gasteiger partial charge in [-0.3, -0.25) is 0 Å². The Balaban J connectivity index is 2.51. The second kappa shape index (κ2) is 5.03. The van der Waals surface area contributed by atoms with Crippen LogP contribution in [0.3, 0.4) is 0 Å². The summed E-state index contributed by atoms with van der Waals surface area (Å²) in [5.41, 5.74) is 0.830. The lowest BCUT2D eigenvalue weighted by molar-refractivity contribution is -0.147. The Labute approximate surface area is 115 Å². The summed E-state index contributed by atoms with van der Waals surface area (Å²) < 4.78 is 62.9. The number of imidazole rings is 1. The van der Waals surface area contributed by atoms with Gasteiger partial charge >= 0.3 is 6.18 Å². The predicted molar refractivity (Wildman–Crippen MR) is 67.1 cm³/mol. The number of nitrogens with one attached hydrogen (secondary N) is 1. The molecule has 20 heavy (non-hydrogen) atoms. The van der Waals surface area contributed by atoms with Crippen LogP contribution in [-0.2, 0) is 29.0 Å². The molecule has 2 heterocycles. The summed E-state index contributed by atoms with van der Waals surface area (Å²) >= 11 is 0. The lowest BCUT2D eigenvalue weighted by atomic mass is 10.1. The summed E-state index contributed by atoms with van der Waals surface area (Å²) in [5.74, 6) is -1.35. The van der Waals surface area contributed by atoms with Crippen molar-refractivity contribution in [2.75, 3.05) is 18.6 Å². The average Bonchev–Trinajstić information content (AvgIpc) is 2.65. The Morgan fingerprint density at radius 2 is 2.10 bits per heavy atom. The SMILES string of the molecule is CC(CS(C)(=O)=O)n1c(C(F)(F)F)nc2c1CCNC2.